The zero-order valence-corrected chi connectivity index (χ0v) is 18.2. The van der Waals surface area contributed by atoms with Crippen molar-refractivity contribution in [3.63, 3.8) is 0 Å². The highest BCUT2D eigenvalue weighted by molar-refractivity contribution is 5.32. The van der Waals surface area contributed by atoms with Gasteiger partial charge in [-0.25, -0.2) is 0 Å². The predicted octanol–water partition coefficient (Wildman–Crippen LogP) is 8.02. The van der Waals surface area contributed by atoms with Gasteiger partial charge in [0.15, 0.2) is 6.10 Å². The molecular weight excluding hydrogens is 467 g/mol. The average molecular weight is 494 g/mol. The lowest BCUT2D eigenvalue weighted by Gasteiger charge is -2.38. The Kier molecular flexibility index (Phi) is 8.76. The van der Waals surface area contributed by atoms with Gasteiger partial charge in [0.05, 0.1) is 0 Å². The van der Waals surface area contributed by atoms with Crippen molar-refractivity contribution in [2.45, 2.75) is 88.5 Å². The topological polar surface area (TPSA) is 18.5 Å². The summed E-state index contributed by atoms with van der Waals surface area (Å²) in [6.07, 6.45) is -17.0. The fourth-order valence-corrected chi connectivity index (χ4v) is 4.15. The number of rotatable bonds is 8. The van der Waals surface area contributed by atoms with Gasteiger partial charge in [-0.15, -0.1) is 0 Å². The fraction of sp³-hybridized carbons (Fsp3) is 0.727. The van der Waals surface area contributed by atoms with Crippen molar-refractivity contribution in [1.29, 1.82) is 0 Å². The maximum Gasteiger partial charge on any atom is 0.430 e. The Hall–Kier alpha value is -1.49. The molecule has 0 aromatic heterocycles. The number of hydrogen-bond acceptors (Lipinski definition) is 2. The Balaban J connectivity index is 2.36. The molecule has 2 atom stereocenters. The molecule has 2 unspecified atom stereocenters. The molecule has 1 aliphatic rings. The highest BCUT2D eigenvalue weighted by Crippen LogP contribution is 2.53. The minimum absolute atomic E-state index is 0.113. The third kappa shape index (κ3) is 6.15. The standard InChI is InChI=1S/C22H27F9O2/c1-3-14(2)15-9-11-17(12-10-15)19(21(26,27)28,22(29,30)31)33-13-32-18(20(23,24)25)16-7-5-4-6-8-16/h9-12,14,16,18H,3-8,13H2,1-2H3. The normalized spacial score (nSPS) is 18.9. The van der Waals surface area contributed by atoms with Crippen LogP contribution >= 0.6 is 0 Å². The molecular formula is C22H27F9O2. The molecule has 1 aromatic rings. The Morgan fingerprint density at radius 1 is 0.848 bits per heavy atom. The summed E-state index contributed by atoms with van der Waals surface area (Å²) >= 11 is 0. The lowest BCUT2D eigenvalue weighted by atomic mass is 9.85. The van der Waals surface area contributed by atoms with Gasteiger partial charge >= 0.3 is 18.5 Å². The molecule has 0 bridgehead atoms. The van der Waals surface area contributed by atoms with E-state index in [2.05, 4.69) is 9.47 Å². The van der Waals surface area contributed by atoms with Crippen LogP contribution in [0.2, 0.25) is 0 Å². The molecule has 11 heteroatoms. The van der Waals surface area contributed by atoms with Crippen LogP contribution in [0.25, 0.3) is 0 Å². The molecule has 1 aromatic carbocycles. The molecule has 33 heavy (non-hydrogen) atoms. The van der Waals surface area contributed by atoms with Crippen molar-refractivity contribution in [3.05, 3.63) is 35.4 Å². The van der Waals surface area contributed by atoms with Gasteiger partial charge in [0.1, 0.15) is 6.79 Å². The van der Waals surface area contributed by atoms with Gasteiger partial charge < -0.3 is 9.47 Å². The highest BCUT2D eigenvalue weighted by Gasteiger charge is 2.73. The van der Waals surface area contributed by atoms with E-state index in [4.69, 9.17) is 0 Å². The second kappa shape index (κ2) is 10.4. The molecule has 1 aliphatic carbocycles. The fourth-order valence-electron chi connectivity index (χ4n) is 4.15. The largest absolute Gasteiger partial charge is 0.430 e. The molecule has 2 rings (SSSR count). The predicted molar refractivity (Wildman–Crippen MR) is 102 cm³/mol. The second-order valence-corrected chi connectivity index (χ2v) is 8.40. The molecule has 2 nitrogen and oxygen atoms in total. The van der Waals surface area contributed by atoms with Crippen LogP contribution in [0.15, 0.2) is 24.3 Å². The van der Waals surface area contributed by atoms with Crippen LogP contribution < -0.4 is 0 Å². The lowest BCUT2D eigenvalue weighted by Crippen LogP contribution is -2.56. The monoisotopic (exact) mass is 494 g/mol. The first-order chi connectivity index (χ1) is 15.1. The summed E-state index contributed by atoms with van der Waals surface area (Å²) in [5, 5.41) is 0. The van der Waals surface area contributed by atoms with Crippen molar-refractivity contribution in [2.75, 3.05) is 6.79 Å². The molecule has 1 saturated carbocycles. The summed E-state index contributed by atoms with van der Waals surface area (Å²) in [4.78, 5) is 0. The van der Waals surface area contributed by atoms with Crippen LogP contribution in [0.4, 0.5) is 39.5 Å². The number of benzene rings is 1. The highest BCUT2D eigenvalue weighted by atomic mass is 19.4. The van der Waals surface area contributed by atoms with E-state index in [9.17, 15) is 39.5 Å². The van der Waals surface area contributed by atoms with E-state index in [-0.39, 0.29) is 18.8 Å². The van der Waals surface area contributed by atoms with E-state index in [1.165, 1.54) is 0 Å². The van der Waals surface area contributed by atoms with Crippen molar-refractivity contribution >= 4 is 0 Å². The van der Waals surface area contributed by atoms with Crippen molar-refractivity contribution in [2.24, 2.45) is 5.92 Å². The lowest BCUT2D eigenvalue weighted by molar-refractivity contribution is -0.407. The van der Waals surface area contributed by atoms with Crippen LogP contribution in [-0.2, 0) is 15.1 Å². The van der Waals surface area contributed by atoms with E-state index >= 15 is 0 Å². The quantitative estimate of drug-likeness (QED) is 0.269. The van der Waals surface area contributed by atoms with Gasteiger partial charge in [-0.2, -0.15) is 39.5 Å². The Labute approximate surface area is 186 Å². The molecule has 0 radical (unpaired) electrons. The van der Waals surface area contributed by atoms with E-state index in [1.807, 2.05) is 0 Å². The summed E-state index contributed by atoms with van der Waals surface area (Å²) in [6.45, 7) is 1.73. The first-order valence-electron chi connectivity index (χ1n) is 10.7. The number of hydrogen-bond donors (Lipinski definition) is 0. The molecule has 0 N–H and O–H groups in total. The van der Waals surface area contributed by atoms with Crippen LogP contribution in [0.3, 0.4) is 0 Å². The molecule has 0 saturated heterocycles. The third-order valence-electron chi connectivity index (χ3n) is 6.22. The first-order valence-corrected chi connectivity index (χ1v) is 10.7. The van der Waals surface area contributed by atoms with Gasteiger partial charge in [-0.3, -0.25) is 0 Å². The Morgan fingerprint density at radius 3 is 1.79 bits per heavy atom. The smallest absolute Gasteiger partial charge is 0.342 e. The summed E-state index contributed by atoms with van der Waals surface area (Å²) in [5.41, 5.74) is -5.60. The number of ether oxygens (including phenoxy) is 2. The number of alkyl halides is 9. The second-order valence-electron chi connectivity index (χ2n) is 8.40. The molecule has 1 fully saturated rings. The van der Waals surface area contributed by atoms with Gasteiger partial charge in [0, 0.05) is 5.56 Å². The average Bonchev–Trinajstić information content (AvgIpc) is 2.71. The molecule has 0 amide bonds. The SMILES string of the molecule is CCC(C)c1ccc(C(OCOC(C2CCCCC2)C(F)(F)F)(C(F)(F)F)C(F)(F)F)cc1. The summed E-state index contributed by atoms with van der Waals surface area (Å²) in [7, 11) is 0. The van der Waals surface area contributed by atoms with Gasteiger partial charge in [-0.05, 0) is 36.7 Å². The van der Waals surface area contributed by atoms with Crippen LogP contribution in [-0.4, -0.2) is 31.4 Å². The van der Waals surface area contributed by atoms with E-state index in [0.29, 0.717) is 43.4 Å². The van der Waals surface area contributed by atoms with Crippen molar-refractivity contribution in [1.82, 2.24) is 0 Å². The molecule has 0 heterocycles. The first kappa shape index (κ1) is 27.8. The summed E-state index contributed by atoms with van der Waals surface area (Å²) in [6, 6.07) is 3.54. The van der Waals surface area contributed by atoms with E-state index in [1.54, 1.807) is 13.8 Å². The van der Waals surface area contributed by atoms with Crippen LogP contribution in [0.5, 0.6) is 0 Å². The van der Waals surface area contributed by atoms with E-state index < -0.39 is 48.5 Å². The van der Waals surface area contributed by atoms with Gasteiger partial charge in [0.25, 0.3) is 5.60 Å². The summed E-state index contributed by atoms with van der Waals surface area (Å²) in [5.74, 6) is -1.17. The van der Waals surface area contributed by atoms with Crippen molar-refractivity contribution in [3.8, 4) is 0 Å². The molecule has 0 aliphatic heterocycles. The minimum atomic E-state index is -6.01. The molecule has 190 valence electrons. The minimum Gasteiger partial charge on any atom is -0.342 e. The van der Waals surface area contributed by atoms with Gasteiger partial charge in [-0.1, -0.05) is 57.4 Å². The maximum absolute atomic E-state index is 13.9. The van der Waals surface area contributed by atoms with Crippen LogP contribution in [0, 0.1) is 5.92 Å². The Bertz CT molecular complexity index is 718. The molecule has 0 spiro atoms. The summed E-state index contributed by atoms with van der Waals surface area (Å²) < 4.78 is 132. The van der Waals surface area contributed by atoms with Crippen LogP contribution in [0.1, 0.15) is 69.4 Å². The van der Waals surface area contributed by atoms with Crippen molar-refractivity contribution < 1.29 is 49.0 Å². The van der Waals surface area contributed by atoms with Gasteiger partial charge in [0.2, 0.25) is 0 Å². The third-order valence-corrected chi connectivity index (χ3v) is 6.22. The zero-order valence-electron chi connectivity index (χ0n) is 18.2. The maximum atomic E-state index is 13.9. The van der Waals surface area contributed by atoms with E-state index in [0.717, 1.165) is 12.1 Å². The Morgan fingerprint density at radius 2 is 1.36 bits per heavy atom. The zero-order chi connectivity index (χ0) is 25.1. The number of halogens is 9.